The lowest BCUT2D eigenvalue weighted by atomic mass is 10.1. The van der Waals surface area contributed by atoms with Crippen molar-refractivity contribution in [1.29, 1.82) is 0 Å². The molecule has 2 heterocycles. The smallest absolute Gasteiger partial charge is 0.337 e. The van der Waals surface area contributed by atoms with Crippen LogP contribution in [0.4, 0.5) is 5.69 Å². The Morgan fingerprint density at radius 3 is 2.32 bits per heavy atom. The second kappa shape index (κ2) is 9.13. The van der Waals surface area contributed by atoms with Crippen LogP contribution < -0.4 is 4.90 Å². The van der Waals surface area contributed by atoms with Crippen LogP contribution in [0.25, 0.3) is 11.4 Å². The minimum Gasteiger partial charge on any atom is -0.465 e. The van der Waals surface area contributed by atoms with Crippen LogP contribution in [0.1, 0.15) is 24.2 Å². The van der Waals surface area contributed by atoms with Crippen LogP contribution in [-0.2, 0) is 4.74 Å². The van der Waals surface area contributed by atoms with Crippen molar-refractivity contribution in [3.63, 3.8) is 0 Å². The third kappa shape index (κ3) is 4.76. The Labute approximate surface area is 149 Å². The maximum atomic E-state index is 11.6. The molecule has 3 rings (SSSR count). The maximum Gasteiger partial charge on any atom is 0.337 e. The van der Waals surface area contributed by atoms with Crippen molar-refractivity contribution in [3.05, 3.63) is 42.2 Å². The number of likely N-dealkylation sites (N-methyl/N-ethyl adjacent to an activating group) is 1. The van der Waals surface area contributed by atoms with Crippen molar-refractivity contribution in [1.82, 2.24) is 14.9 Å². The minimum absolute atomic E-state index is 0.360. The van der Waals surface area contributed by atoms with Crippen molar-refractivity contribution in [3.8, 4) is 11.4 Å². The summed E-state index contributed by atoms with van der Waals surface area (Å²) in [4.78, 5) is 25.1. The van der Waals surface area contributed by atoms with Gasteiger partial charge in [-0.1, -0.05) is 26.0 Å². The van der Waals surface area contributed by atoms with E-state index >= 15 is 0 Å². The number of rotatable bonds is 3. The van der Waals surface area contributed by atoms with E-state index < -0.39 is 0 Å². The maximum absolute atomic E-state index is 11.6. The van der Waals surface area contributed by atoms with E-state index in [0.29, 0.717) is 11.4 Å². The van der Waals surface area contributed by atoms with Gasteiger partial charge >= 0.3 is 5.97 Å². The molecule has 1 saturated heterocycles. The van der Waals surface area contributed by atoms with Gasteiger partial charge in [-0.3, -0.25) is 0 Å². The number of esters is 1. The first-order valence-corrected chi connectivity index (χ1v) is 8.61. The van der Waals surface area contributed by atoms with Crippen LogP contribution in [0.15, 0.2) is 36.7 Å². The van der Waals surface area contributed by atoms with Gasteiger partial charge in [-0.2, -0.15) is 0 Å². The van der Waals surface area contributed by atoms with Gasteiger partial charge in [-0.15, -0.1) is 0 Å². The Bertz CT molecular complexity index is 680. The van der Waals surface area contributed by atoms with Crippen LogP contribution in [0, 0.1) is 0 Å². The fourth-order valence-electron chi connectivity index (χ4n) is 2.60. The van der Waals surface area contributed by atoms with E-state index in [0.717, 1.165) is 37.4 Å². The zero-order chi connectivity index (χ0) is 18.2. The summed E-state index contributed by atoms with van der Waals surface area (Å²) in [5, 5.41) is 0. The van der Waals surface area contributed by atoms with E-state index in [1.165, 1.54) is 7.11 Å². The van der Waals surface area contributed by atoms with Gasteiger partial charge < -0.3 is 14.5 Å². The lowest BCUT2D eigenvalue weighted by Gasteiger charge is -2.33. The molecule has 1 aliphatic heterocycles. The summed E-state index contributed by atoms with van der Waals surface area (Å²) >= 11 is 0. The monoisotopic (exact) mass is 342 g/mol. The van der Waals surface area contributed by atoms with E-state index in [4.69, 9.17) is 4.74 Å². The number of anilines is 1. The third-order valence-electron chi connectivity index (χ3n) is 4.05. The number of carbonyl (C=O) groups is 1. The van der Waals surface area contributed by atoms with Gasteiger partial charge in [0.15, 0.2) is 5.82 Å². The lowest BCUT2D eigenvalue weighted by molar-refractivity contribution is 0.0601. The fraction of sp³-hybridized carbons (Fsp3) is 0.421. The Morgan fingerprint density at radius 2 is 1.72 bits per heavy atom. The molecule has 0 atom stereocenters. The number of methoxy groups -OCH3 is 1. The number of hydrogen-bond donors (Lipinski definition) is 0. The van der Waals surface area contributed by atoms with Crippen LogP contribution in [-0.4, -0.2) is 61.2 Å². The van der Waals surface area contributed by atoms with Gasteiger partial charge in [0, 0.05) is 31.7 Å². The first kappa shape index (κ1) is 18.9. The van der Waals surface area contributed by atoms with Crippen LogP contribution >= 0.6 is 0 Å². The molecule has 0 bridgehead atoms. The highest BCUT2D eigenvalue weighted by atomic mass is 16.5. The van der Waals surface area contributed by atoms with E-state index in [2.05, 4.69) is 26.8 Å². The third-order valence-corrected chi connectivity index (χ3v) is 4.05. The zero-order valence-electron chi connectivity index (χ0n) is 15.4. The average molecular weight is 342 g/mol. The molecule has 0 N–H and O–H groups in total. The number of nitrogens with zero attached hydrogens (tertiary/aromatic N) is 4. The second-order valence-electron chi connectivity index (χ2n) is 5.63. The van der Waals surface area contributed by atoms with Crippen molar-refractivity contribution in [2.24, 2.45) is 0 Å². The van der Waals surface area contributed by atoms with Crippen LogP contribution in [0.3, 0.4) is 0 Å². The highest BCUT2D eigenvalue weighted by Crippen LogP contribution is 2.20. The predicted molar refractivity (Wildman–Crippen MR) is 99.9 cm³/mol. The molecule has 0 unspecified atom stereocenters. The first-order valence-electron chi connectivity index (χ1n) is 8.61. The summed E-state index contributed by atoms with van der Waals surface area (Å²) < 4.78 is 4.74. The van der Waals surface area contributed by atoms with E-state index in [-0.39, 0.29) is 5.97 Å². The largest absolute Gasteiger partial charge is 0.465 e. The fourth-order valence-corrected chi connectivity index (χ4v) is 2.60. The molecule has 1 aromatic carbocycles. The molecule has 0 spiro atoms. The second-order valence-corrected chi connectivity index (χ2v) is 5.63. The summed E-state index contributed by atoms with van der Waals surface area (Å²) in [5.74, 6) is 0.245. The summed E-state index contributed by atoms with van der Waals surface area (Å²) in [6.07, 6.45) is 3.69. The number of benzene rings is 1. The number of hydrogen-bond acceptors (Lipinski definition) is 6. The summed E-state index contributed by atoms with van der Waals surface area (Å²) in [6, 6.07) is 7.15. The average Bonchev–Trinajstić information content (AvgIpc) is 2.70. The van der Waals surface area contributed by atoms with E-state index in [9.17, 15) is 4.79 Å². The molecule has 0 radical (unpaired) electrons. The quantitative estimate of drug-likeness (QED) is 0.800. The van der Waals surface area contributed by atoms with Crippen molar-refractivity contribution in [2.45, 2.75) is 13.8 Å². The molecule has 6 heteroatoms. The lowest BCUT2D eigenvalue weighted by Crippen LogP contribution is -2.44. The predicted octanol–water partition coefficient (Wildman–Crippen LogP) is 2.71. The Morgan fingerprint density at radius 1 is 1.08 bits per heavy atom. The SMILES string of the molecule is CC.COC(=O)c1cccc(-c2ncc(N3CCN(C)CC3)cn2)c1. The van der Waals surface area contributed by atoms with Gasteiger partial charge in [0.2, 0.25) is 0 Å². The standard InChI is InChI=1S/C17H20N4O2.C2H6/c1-20-6-8-21(9-7-20)15-11-18-16(19-12-15)13-4-3-5-14(10-13)17(22)23-2;1-2/h3-5,10-12H,6-9H2,1-2H3;1-2H3. The normalized spacial score (nSPS) is 14.5. The van der Waals surface area contributed by atoms with Crippen LogP contribution in [0.5, 0.6) is 0 Å². The minimum atomic E-state index is -0.360. The Kier molecular flexibility index (Phi) is 6.89. The molecule has 0 amide bonds. The van der Waals surface area contributed by atoms with E-state index in [1.807, 2.05) is 32.3 Å². The van der Waals surface area contributed by atoms with Gasteiger partial charge in [-0.25, -0.2) is 14.8 Å². The van der Waals surface area contributed by atoms with Gasteiger partial charge in [0.05, 0.1) is 30.8 Å². The summed E-state index contributed by atoms with van der Waals surface area (Å²) in [6.45, 7) is 8.06. The van der Waals surface area contributed by atoms with Crippen LogP contribution in [0.2, 0.25) is 0 Å². The Hall–Kier alpha value is -2.47. The number of piperazine rings is 1. The molecular weight excluding hydrogens is 316 g/mol. The number of carbonyl (C=O) groups excluding carboxylic acids is 1. The van der Waals surface area contributed by atoms with Crippen molar-refractivity contribution in [2.75, 3.05) is 45.2 Å². The molecule has 1 fully saturated rings. The van der Waals surface area contributed by atoms with Crippen molar-refractivity contribution < 1.29 is 9.53 Å². The molecule has 134 valence electrons. The highest BCUT2D eigenvalue weighted by Gasteiger charge is 2.15. The number of aromatic nitrogens is 2. The molecule has 2 aromatic rings. The topological polar surface area (TPSA) is 58.6 Å². The molecule has 25 heavy (non-hydrogen) atoms. The van der Waals surface area contributed by atoms with Gasteiger partial charge in [-0.05, 0) is 19.2 Å². The van der Waals surface area contributed by atoms with Crippen molar-refractivity contribution >= 4 is 11.7 Å². The molecule has 6 nitrogen and oxygen atoms in total. The molecule has 0 saturated carbocycles. The number of ether oxygens (including phenoxy) is 1. The first-order chi connectivity index (χ1) is 12.2. The molecule has 1 aliphatic rings. The zero-order valence-corrected chi connectivity index (χ0v) is 15.4. The summed E-state index contributed by atoms with van der Waals surface area (Å²) in [5.41, 5.74) is 2.33. The molecular formula is C19H26N4O2. The summed E-state index contributed by atoms with van der Waals surface area (Å²) in [7, 11) is 3.50. The van der Waals surface area contributed by atoms with E-state index in [1.54, 1.807) is 18.2 Å². The van der Waals surface area contributed by atoms with Gasteiger partial charge in [0.1, 0.15) is 0 Å². The molecule has 0 aliphatic carbocycles. The molecule has 1 aromatic heterocycles. The van der Waals surface area contributed by atoms with Gasteiger partial charge in [0.25, 0.3) is 0 Å². The Balaban J connectivity index is 0.00000109. The highest BCUT2D eigenvalue weighted by molar-refractivity contribution is 5.90.